The van der Waals surface area contributed by atoms with Gasteiger partial charge >= 0.3 is 0 Å². The average Bonchev–Trinajstić information content (AvgIpc) is 2.62. The van der Waals surface area contributed by atoms with Gasteiger partial charge in [-0.25, -0.2) is 4.39 Å². The van der Waals surface area contributed by atoms with Crippen molar-refractivity contribution in [2.24, 2.45) is 0 Å². The quantitative estimate of drug-likeness (QED) is 0.821. The van der Waals surface area contributed by atoms with Crippen LogP contribution in [0.15, 0.2) is 18.2 Å². The number of hydrogen-bond donors (Lipinski definition) is 2. The molecule has 1 aromatic rings. The molecule has 0 radical (unpaired) electrons. The second kappa shape index (κ2) is 7.60. The monoisotopic (exact) mass is 298 g/mol. The molecule has 5 heteroatoms. The van der Waals surface area contributed by atoms with Crippen LogP contribution in [0.3, 0.4) is 0 Å². The third kappa shape index (κ3) is 4.18. The van der Waals surface area contributed by atoms with Crippen molar-refractivity contribution >= 4 is 17.5 Å². The van der Waals surface area contributed by atoms with Gasteiger partial charge in [0.15, 0.2) is 0 Å². The van der Waals surface area contributed by atoms with Crippen molar-refractivity contribution in [2.75, 3.05) is 13.1 Å². The maximum Gasteiger partial charge on any atom is 0.237 e. The molecule has 110 valence electrons. The molecule has 0 aliphatic carbocycles. The van der Waals surface area contributed by atoms with E-state index in [2.05, 4.69) is 10.6 Å². The van der Waals surface area contributed by atoms with Crippen molar-refractivity contribution in [3.8, 4) is 0 Å². The zero-order chi connectivity index (χ0) is 14.4. The van der Waals surface area contributed by atoms with Crippen LogP contribution in [0.25, 0.3) is 0 Å². The van der Waals surface area contributed by atoms with Crippen LogP contribution in [0, 0.1) is 5.82 Å². The summed E-state index contributed by atoms with van der Waals surface area (Å²) in [6.07, 6.45) is 4.29. The van der Waals surface area contributed by atoms with Gasteiger partial charge in [0.25, 0.3) is 0 Å². The van der Waals surface area contributed by atoms with Gasteiger partial charge in [-0.15, -0.1) is 0 Å². The van der Waals surface area contributed by atoms with Gasteiger partial charge in [-0.3, -0.25) is 4.79 Å². The second-order valence-electron chi connectivity index (χ2n) is 5.10. The fraction of sp³-hybridized carbons (Fsp3) is 0.533. The summed E-state index contributed by atoms with van der Waals surface area (Å²) in [6.45, 7) is 1.45. The van der Waals surface area contributed by atoms with Gasteiger partial charge in [0, 0.05) is 17.1 Å². The summed E-state index contributed by atoms with van der Waals surface area (Å²) in [5.74, 6) is -0.184. The fourth-order valence-corrected chi connectivity index (χ4v) is 2.70. The lowest BCUT2D eigenvalue weighted by molar-refractivity contribution is -0.122. The maximum atomic E-state index is 13.6. The molecule has 1 amide bonds. The highest BCUT2D eigenvalue weighted by atomic mass is 35.5. The average molecular weight is 299 g/mol. The SMILES string of the molecule is O=C1NCCCCC1NCCCc1c(F)cccc1Cl. The summed E-state index contributed by atoms with van der Waals surface area (Å²) in [5.41, 5.74) is 0.557. The fourth-order valence-electron chi connectivity index (χ4n) is 2.45. The first-order chi connectivity index (χ1) is 9.68. The molecule has 1 aliphatic rings. The summed E-state index contributed by atoms with van der Waals surface area (Å²) >= 11 is 5.98. The molecule has 1 fully saturated rings. The molecular weight excluding hydrogens is 279 g/mol. The van der Waals surface area contributed by atoms with Gasteiger partial charge < -0.3 is 10.6 Å². The highest BCUT2D eigenvalue weighted by Gasteiger charge is 2.19. The lowest BCUT2D eigenvalue weighted by atomic mass is 10.1. The number of carbonyl (C=O) groups excluding carboxylic acids is 1. The van der Waals surface area contributed by atoms with Crippen LogP contribution in [-0.2, 0) is 11.2 Å². The Bertz CT molecular complexity index is 447. The molecule has 1 unspecified atom stereocenters. The first-order valence-electron chi connectivity index (χ1n) is 7.12. The minimum atomic E-state index is -0.260. The van der Waals surface area contributed by atoms with Gasteiger partial charge in [0.05, 0.1) is 6.04 Å². The Balaban J connectivity index is 1.77. The molecule has 0 aromatic heterocycles. The summed E-state index contributed by atoms with van der Waals surface area (Å²) in [4.78, 5) is 11.7. The molecule has 1 aliphatic heterocycles. The molecule has 2 N–H and O–H groups in total. The zero-order valence-corrected chi connectivity index (χ0v) is 12.2. The Hall–Kier alpha value is -1.13. The first kappa shape index (κ1) is 15.3. The Morgan fingerprint density at radius 1 is 1.40 bits per heavy atom. The van der Waals surface area contributed by atoms with Gasteiger partial charge in [-0.2, -0.15) is 0 Å². The van der Waals surface area contributed by atoms with Crippen molar-refractivity contribution in [1.82, 2.24) is 10.6 Å². The molecule has 1 aromatic carbocycles. The van der Waals surface area contributed by atoms with E-state index in [1.54, 1.807) is 12.1 Å². The predicted molar refractivity (Wildman–Crippen MR) is 78.4 cm³/mol. The summed E-state index contributed by atoms with van der Waals surface area (Å²) in [6, 6.07) is 4.61. The van der Waals surface area contributed by atoms with Gasteiger partial charge in [0.2, 0.25) is 5.91 Å². The Kier molecular flexibility index (Phi) is 5.80. The number of amides is 1. The van der Waals surface area contributed by atoms with E-state index in [0.29, 0.717) is 23.6 Å². The lowest BCUT2D eigenvalue weighted by Gasteiger charge is -2.15. The topological polar surface area (TPSA) is 41.1 Å². The number of benzene rings is 1. The molecule has 0 bridgehead atoms. The second-order valence-corrected chi connectivity index (χ2v) is 5.50. The molecule has 20 heavy (non-hydrogen) atoms. The molecule has 2 rings (SSSR count). The normalized spacial score (nSPS) is 19.5. The molecule has 0 saturated carbocycles. The summed E-state index contributed by atoms with van der Waals surface area (Å²) < 4.78 is 13.6. The molecular formula is C15H20ClFN2O. The Morgan fingerprint density at radius 3 is 3.05 bits per heavy atom. The van der Waals surface area contributed by atoms with E-state index in [1.165, 1.54) is 6.07 Å². The van der Waals surface area contributed by atoms with Gasteiger partial charge in [-0.05, 0) is 50.8 Å². The standard InChI is InChI=1S/C15H20ClFN2O/c16-12-6-3-7-13(17)11(12)5-4-10-18-14-8-1-2-9-19-15(14)20/h3,6-7,14,18H,1-2,4-5,8-10H2,(H,19,20). The van der Waals surface area contributed by atoms with Crippen molar-refractivity contribution < 1.29 is 9.18 Å². The first-order valence-corrected chi connectivity index (χ1v) is 7.50. The van der Waals surface area contributed by atoms with E-state index in [4.69, 9.17) is 11.6 Å². The molecule has 1 saturated heterocycles. The minimum Gasteiger partial charge on any atom is -0.355 e. The van der Waals surface area contributed by atoms with Crippen molar-refractivity contribution in [2.45, 2.75) is 38.1 Å². The van der Waals surface area contributed by atoms with E-state index >= 15 is 0 Å². The largest absolute Gasteiger partial charge is 0.355 e. The number of rotatable bonds is 5. The smallest absolute Gasteiger partial charge is 0.237 e. The minimum absolute atomic E-state index is 0.0754. The number of carbonyl (C=O) groups is 1. The molecule has 1 heterocycles. The predicted octanol–water partition coefficient (Wildman–Crippen LogP) is 2.67. The highest BCUT2D eigenvalue weighted by molar-refractivity contribution is 6.31. The molecule has 3 nitrogen and oxygen atoms in total. The summed E-state index contributed by atoms with van der Waals surface area (Å²) in [5, 5.41) is 6.60. The van der Waals surface area contributed by atoms with E-state index in [9.17, 15) is 9.18 Å². The van der Waals surface area contributed by atoms with E-state index in [-0.39, 0.29) is 17.8 Å². The molecule has 0 spiro atoms. The zero-order valence-electron chi connectivity index (χ0n) is 11.4. The summed E-state index contributed by atoms with van der Waals surface area (Å²) in [7, 11) is 0. The number of nitrogens with one attached hydrogen (secondary N) is 2. The molecule has 1 atom stereocenters. The van der Waals surface area contributed by atoms with E-state index in [0.717, 1.165) is 32.2 Å². The van der Waals surface area contributed by atoms with Crippen molar-refractivity contribution in [3.63, 3.8) is 0 Å². The van der Waals surface area contributed by atoms with E-state index < -0.39 is 0 Å². The van der Waals surface area contributed by atoms with Gasteiger partial charge in [-0.1, -0.05) is 17.7 Å². The van der Waals surface area contributed by atoms with Crippen LogP contribution in [0.2, 0.25) is 5.02 Å². The van der Waals surface area contributed by atoms with Crippen LogP contribution in [0.4, 0.5) is 4.39 Å². The lowest BCUT2D eigenvalue weighted by Crippen LogP contribution is -2.43. The number of halogens is 2. The Morgan fingerprint density at radius 2 is 2.25 bits per heavy atom. The third-order valence-electron chi connectivity index (χ3n) is 3.59. The van der Waals surface area contributed by atoms with Crippen LogP contribution >= 0.6 is 11.6 Å². The third-order valence-corrected chi connectivity index (χ3v) is 3.95. The van der Waals surface area contributed by atoms with Crippen LogP contribution in [0.5, 0.6) is 0 Å². The number of hydrogen-bond acceptors (Lipinski definition) is 2. The van der Waals surface area contributed by atoms with E-state index in [1.807, 2.05) is 0 Å². The Labute approximate surface area is 123 Å². The highest BCUT2D eigenvalue weighted by Crippen LogP contribution is 2.20. The van der Waals surface area contributed by atoms with Crippen molar-refractivity contribution in [1.29, 1.82) is 0 Å². The van der Waals surface area contributed by atoms with Crippen molar-refractivity contribution in [3.05, 3.63) is 34.6 Å². The van der Waals surface area contributed by atoms with Crippen LogP contribution < -0.4 is 10.6 Å². The van der Waals surface area contributed by atoms with Crippen LogP contribution in [0.1, 0.15) is 31.2 Å². The van der Waals surface area contributed by atoms with Gasteiger partial charge in [0.1, 0.15) is 5.82 Å². The van der Waals surface area contributed by atoms with Crippen LogP contribution in [-0.4, -0.2) is 25.0 Å². The maximum absolute atomic E-state index is 13.6.